The van der Waals surface area contributed by atoms with E-state index < -0.39 is 5.60 Å². The van der Waals surface area contributed by atoms with Gasteiger partial charge >= 0.3 is 0 Å². The molecule has 96 valence electrons. The Labute approximate surface area is 115 Å². The van der Waals surface area contributed by atoms with Crippen molar-refractivity contribution in [1.29, 1.82) is 0 Å². The van der Waals surface area contributed by atoms with E-state index in [1.807, 2.05) is 31.2 Å². The van der Waals surface area contributed by atoms with Gasteiger partial charge < -0.3 is 9.84 Å². The standard InChI is InChI=1S/C14H16BrNO2/c1-9-6-13(18-8-14(2,3)17)16-12-5-4-10(15)7-11(9)12/h4-7,17H,8H2,1-3H3. The predicted molar refractivity (Wildman–Crippen MR) is 76.0 cm³/mol. The van der Waals surface area contributed by atoms with Crippen molar-refractivity contribution in [1.82, 2.24) is 4.98 Å². The third-order valence-electron chi connectivity index (χ3n) is 2.53. The van der Waals surface area contributed by atoms with Gasteiger partial charge in [-0.15, -0.1) is 0 Å². The predicted octanol–water partition coefficient (Wildman–Crippen LogP) is 3.46. The summed E-state index contributed by atoms with van der Waals surface area (Å²) in [4.78, 5) is 4.43. The molecule has 1 aromatic heterocycles. The Kier molecular flexibility index (Phi) is 3.59. The number of aryl methyl sites for hydroxylation is 1. The van der Waals surface area contributed by atoms with Crippen molar-refractivity contribution < 1.29 is 9.84 Å². The number of rotatable bonds is 3. The molecule has 0 unspecified atom stereocenters. The Morgan fingerprint density at radius 1 is 1.33 bits per heavy atom. The molecular formula is C14H16BrNO2. The molecule has 4 heteroatoms. The fourth-order valence-electron chi connectivity index (χ4n) is 1.66. The summed E-state index contributed by atoms with van der Waals surface area (Å²) in [6, 6.07) is 7.83. The van der Waals surface area contributed by atoms with Crippen LogP contribution in [0.1, 0.15) is 19.4 Å². The maximum Gasteiger partial charge on any atom is 0.214 e. The minimum Gasteiger partial charge on any atom is -0.475 e. The Bertz CT molecular complexity index is 576. The van der Waals surface area contributed by atoms with Crippen LogP contribution in [0.25, 0.3) is 10.9 Å². The van der Waals surface area contributed by atoms with E-state index in [2.05, 4.69) is 20.9 Å². The van der Waals surface area contributed by atoms with Crippen LogP contribution in [-0.2, 0) is 0 Å². The molecule has 0 bridgehead atoms. The lowest BCUT2D eigenvalue weighted by Crippen LogP contribution is -2.28. The van der Waals surface area contributed by atoms with E-state index in [1.165, 1.54) is 0 Å². The van der Waals surface area contributed by atoms with Gasteiger partial charge in [0.05, 0.1) is 11.1 Å². The van der Waals surface area contributed by atoms with Crippen molar-refractivity contribution in [3.8, 4) is 5.88 Å². The van der Waals surface area contributed by atoms with Gasteiger partial charge in [0.1, 0.15) is 6.61 Å². The maximum atomic E-state index is 9.64. The van der Waals surface area contributed by atoms with Crippen LogP contribution in [-0.4, -0.2) is 22.3 Å². The van der Waals surface area contributed by atoms with Crippen LogP contribution in [0.2, 0.25) is 0 Å². The zero-order chi connectivity index (χ0) is 13.3. The number of halogens is 1. The molecule has 2 aromatic rings. The Morgan fingerprint density at radius 3 is 2.72 bits per heavy atom. The molecule has 0 aliphatic rings. The number of aromatic nitrogens is 1. The van der Waals surface area contributed by atoms with Crippen LogP contribution in [0.15, 0.2) is 28.7 Å². The van der Waals surface area contributed by atoms with Crippen LogP contribution in [0.5, 0.6) is 5.88 Å². The molecule has 0 radical (unpaired) electrons. The molecule has 0 amide bonds. The normalized spacial score (nSPS) is 11.8. The zero-order valence-corrected chi connectivity index (χ0v) is 12.3. The smallest absolute Gasteiger partial charge is 0.214 e. The van der Waals surface area contributed by atoms with Crippen LogP contribution in [0.3, 0.4) is 0 Å². The third kappa shape index (κ3) is 3.21. The molecule has 3 nitrogen and oxygen atoms in total. The first-order valence-electron chi connectivity index (χ1n) is 5.77. The number of fused-ring (bicyclic) bond motifs is 1. The zero-order valence-electron chi connectivity index (χ0n) is 10.7. The van der Waals surface area contributed by atoms with E-state index in [4.69, 9.17) is 4.74 Å². The second kappa shape index (κ2) is 4.86. The third-order valence-corrected chi connectivity index (χ3v) is 3.02. The number of ether oxygens (including phenoxy) is 1. The highest BCUT2D eigenvalue weighted by molar-refractivity contribution is 9.10. The number of nitrogens with zero attached hydrogens (tertiary/aromatic N) is 1. The highest BCUT2D eigenvalue weighted by Crippen LogP contribution is 2.25. The van der Waals surface area contributed by atoms with Gasteiger partial charge in [-0.2, -0.15) is 0 Å². The lowest BCUT2D eigenvalue weighted by molar-refractivity contribution is 0.0269. The van der Waals surface area contributed by atoms with Crippen molar-refractivity contribution in [2.24, 2.45) is 0 Å². The number of hydrogen-bond donors (Lipinski definition) is 1. The quantitative estimate of drug-likeness (QED) is 0.944. The van der Waals surface area contributed by atoms with E-state index in [0.29, 0.717) is 5.88 Å². The molecule has 1 N–H and O–H groups in total. The van der Waals surface area contributed by atoms with Gasteiger partial charge in [0.25, 0.3) is 0 Å². The molecule has 0 aliphatic heterocycles. The molecule has 0 atom stereocenters. The van der Waals surface area contributed by atoms with Crippen LogP contribution >= 0.6 is 15.9 Å². The van der Waals surface area contributed by atoms with E-state index in [9.17, 15) is 5.11 Å². The fourth-order valence-corrected chi connectivity index (χ4v) is 2.02. The largest absolute Gasteiger partial charge is 0.475 e. The fraction of sp³-hybridized carbons (Fsp3) is 0.357. The summed E-state index contributed by atoms with van der Waals surface area (Å²) in [5.41, 5.74) is 1.14. The molecule has 18 heavy (non-hydrogen) atoms. The van der Waals surface area contributed by atoms with Gasteiger partial charge in [0, 0.05) is 15.9 Å². The molecular weight excluding hydrogens is 294 g/mol. The average molecular weight is 310 g/mol. The molecule has 0 spiro atoms. The topological polar surface area (TPSA) is 42.4 Å². The summed E-state index contributed by atoms with van der Waals surface area (Å²) < 4.78 is 6.55. The van der Waals surface area contributed by atoms with Gasteiger partial charge in [-0.3, -0.25) is 0 Å². The van der Waals surface area contributed by atoms with E-state index in [0.717, 1.165) is 20.9 Å². The maximum absolute atomic E-state index is 9.64. The molecule has 1 heterocycles. The van der Waals surface area contributed by atoms with Crippen LogP contribution in [0.4, 0.5) is 0 Å². The second-order valence-electron chi connectivity index (χ2n) is 5.04. The monoisotopic (exact) mass is 309 g/mol. The summed E-state index contributed by atoms with van der Waals surface area (Å²) in [5, 5.41) is 10.7. The summed E-state index contributed by atoms with van der Waals surface area (Å²) >= 11 is 3.45. The van der Waals surface area contributed by atoms with Crippen molar-refractivity contribution in [3.63, 3.8) is 0 Å². The summed E-state index contributed by atoms with van der Waals surface area (Å²) in [5.74, 6) is 0.546. The first-order valence-corrected chi connectivity index (χ1v) is 6.56. The molecule has 0 saturated heterocycles. The number of benzene rings is 1. The van der Waals surface area contributed by atoms with E-state index >= 15 is 0 Å². The molecule has 1 aromatic carbocycles. The molecule has 0 fully saturated rings. The van der Waals surface area contributed by atoms with Gasteiger partial charge in [-0.25, -0.2) is 4.98 Å². The van der Waals surface area contributed by atoms with Crippen LogP contribution in [0, 0.1) is 6.92 Å². The average Bonchev–Trinajstić information content (AvgIpc) is 2.26. The molecule has 2 rings (SSSR count). The summed E-state index contributed by atoms with van der Waals surface area (Å²) in [7, 11) is 0. The van der Waals surface area contributed by atoms with Crippen molar-refractivity contribution in [2.75, 3.05) is 6.61 Å². The van der Waals surface area contributed by atoms with Crippen LogP contribution < -0.4 is 4.74 Å². The Morgan fingerprint density at radius 2 is 2.06 bits per heavy atom. The lowest BCUT2D eigenvalue weighted by atomic mass is 10.1. The number of pyridine rings is 1. The van der Waals surface area contributed by atoms with Gasteiger partial charge in [-0.1, -0.05) is 15.9 Å². The minimum absolute atomic E-state index is 0.224. The SMILES string of the molecule is Cc1cc(OCC(C)(C)O)nc2ccc(Br)cc12. The highest BCUT2D eigenvalue weighted by Gasteiger charge is 2.14. The highest BCUT2D eigenvalue weighted by atomic mass is 79.9. The molecule has 0 aliphatic carbocycles. The minimum atomic E-state index is -0.857. The number of hydrogen-bond acceptors (Lipinski definition) is 3. The van der Waals surface area contributed by atoms with Gasteiger partial charge in [-0.05, 0) is 44.5 Å². The second-order valence-corrected chi connectivity index (χ2v) is 5.96. The van der Waals surface area contributed by atoms with Gasteiger partial charge in [0.2, 0.25) is 5.88 Å². The van der Waals surface area contributed by atoms with E-state index in [-0.39, 0.29) is 6.61 Å². The van der Waals surface area contributed by atoms with Crippen molar-refractivity contribution in [3.05, 3.63) is 34.3 Å². The Hall–Kier alpha value is -1.13. The summed E-state index contributed by atoms with van der Waals surface area (Å²) in [6.07, 6.45) is 0. The molecule has 0 saturated carbocycles. The first kappa shape index (κ1) is 13.3. The van der Waals surface area contributed by atoms with Gasteiger partial charge in [0.15, 0.2) is 0 Å². The lowest BCUT2D eigenvalue weighted by Gasteiger charge is -2.17. The van der Waals surface area contributed by atoms with Crippen molar-refractivity contribution >= 4 is 26.8 Å². The van der Waals surface area contributed by atoms with Crippen molar-refractivity contribution in [2.45, 2.75) is 26.4 Å². The Balaban J connectivity index is 2.34. The number of aliphatic hydroxyl groups is 1. The van der Waals surface area contributed by atoms with E-state index in [1.54, 1.807) is 13.8 Å². The first-order chi connectivity index (χ1) is 8.35. The summed E-state index contributed by atoms with van der Waals surface area (Å²) in [6.45, 7) is 5.66.